The van der Waals surface area contributed by atoms with E-state index in [2.05, 4.69) is 0 Å². The molecule has 6 unspecified atom stereocenters. The highest BCUT2D eigenvalue weighted by molar-refractivity contribution is 4.96. The van der Waals surface area contributed by atoms with Gasteiger partial charge in [-0.05, 0) is 19.3 Å². The molecule has 12 nitrogen and oxygen atoms in total. The zero-order valence-corrected chi connectivity index (χ0v) is 20.7. The SMILES string of the molecule is CCC1O[C@H](OC2C(O)[C@H](O[C@@H]3C(CO)O[C@@H](CC)[C@@H](C)C3O)O[C@@H](CC)[C@@H]2O)[C@@H](O)C(O)[C@H]1O. The van der Waals surface area contributed by atoms with Crippen molar-refractivity contribution in [2.45, 2.75) is 133 Å². The van der Waals surface area contributed by atoms with Crippen molar-refractivity contribution in [3.05, 3.63) is 0 Å². The molecule has 206 valence electrons. The Hall–Kier alpha value is -0.480. The van der Waals surface area contributed by atoms with Crippen molar-refractivity contribution >= 4 is 0 Å². The highest BCUT2D eigenvalue weighted by Gasteiger charge is 2.52. The Morgan fingerprint density at radius 3 is 1.60 bits per heavy atom. The lowest BCUT2D eigenvalue weighted by molar-refractivity contribution is -0.370. The van der Waals surface area contributed by atoms with E-state index in [0.717, 1.165) is 0 Å². The Bertz CT molecular complexity index is 650. The third kappa shape index (κ3) is 5.84. The maximum absolute atomic E-state index is 11.0. The van der Waals surface area contributed by atoms with Crippen LogP contribution in [0.5, 0.6) is 0 Å². The average molecular weight is 511 g/mol. The summed E-state index contributed by atoms with van der Waals surface area (Å²) in [5.41, 5.74) is 0. The lowest BCUT2D eigenvalue weighted by Gasteiger charge is -2.48. The highest BCUT2D eigenvalue weighted by atomic mass is 16.7. The van der Waals surface area contributed by atoms with Gasteiger partial charge in [-0.25, -0.2) is 0 Å². The second-order valence-corrected chi connectivity index (χ2v) is 9.71. The third-order valence-electron chi connectivity index (χ3n) is 7.46. The van der Waals surface area contributed by atoms with Gasteiger partial charge in [0, 0.05) is 5.92 Å². The summed E-state index contributed by atoms with van der Waals surface area (Å²) in [4.78, 5) is 0. The number of aliphatic hydroxyl groups is 7. The van der Waals surface area contributed by atoms with Crippen molar-refractivity contribution in [1.29, 1.82) is 0 Å². The van der Waals surface area contributed by atoms with Gasteiger partial charge in [0.25, 0.3) is 0 Å². The van der Waals surface area contributed by atoms with Crippen LogP contribution in [0.4, 0.5) is 0 Å². The average Bonchev–Trinajstić information content (AvgIpc) is 2.86. The summed E-state index contributed by atoms with van der Waals surface area (Å²) in [5, 5.41) is 73.2. The summed E-state index contributed by atoms with van der Waals surface area (Å²) < 4.78 is 29.0. The van der Waals surface area contributed by atoms with Crippen molar-refractivity contribution in [3.8, 4) is 0 Å². The second kappa shape index (κ2) is 12.4. The fourth-order valence-electron chi connectivity index (χ4n) is 5.14. The molecule has 3 heterocycles. The second-order valence-electron chi connectivity index (χ2n) is 9.71. The molecule has 12 heteroatoms. The Morgan fingerprint density at radius 2 is 1.06 bits per heavy atom. The van der Waals surface area contributed by atoms with E-state index in [0.29, 0.717) is 19.3 Å². The van der Waals surface area contributed by atoms with Crippen molar-refractivity contribution in [1.82, 2.24) is 0 Å². The van der Waals surface area contributed by atoms with E-state index in [9.17, 15) is 35.7 Å². The minimum Gasteiger partial charge on any atom is -0.394 e. The maximum atomic E-state index is 11.0. The van der Waals surface area contributed by atoms with Gasteiger partial charge >= 0.3 is 0 Å². The van der Waals surface area contributed by atoms with E-state index in [1.165, 1.54) is 0 Å². The van der Waals surface area contributed by atoms with Crippen molar-refractivity contribution in [2.24, 2.45) is 5.92 Å². The molecule has 0 radical (unpaired) electrons. The van der Waals surface area contributed by atoms with E-state index in [1.54, 1.807) is 20.8 Å². The van der Waals surface area contributed by atoms with Gasteiger partial charge in [-0.1, -0.05) is 27.7 Å². The summed E-state index contributed by atoms with van der Waals surface area (Å²) in [7, 11) is 0. The molecule has 0 aliphatic carbocycles. The van der Waals surface area contributed by atoms with Gasteiger partial charge in [0.05, 0.1) is 31.0 Å². The Labute approximate surface area is 205 Å². The molecule has 3 aliphatic heterocycles. The standard InChI is InChI=1S/C23H42O12/c1-5-10-9(4)14(25)20(13(8-24)31-10)34-23-19(30)21(16(27)12(7-3)33-23)35-22-18(29)17(28)15(26)11(6-2)32-22/h9-30H,5-8H2,1-4H3/t9-,10+,11?,12+,13?,14?,15+,16+,17?,18+,19?,20-,21?,22-,23+/m1/s1. The van der Waals surface area contributed by atoms with Crippen molar-refractivity contribution in [3.63, 3.8) is 0 Å². The first kappa shape index (κ1) is 29.1. The molecule has 3 rings (SSSR count). The number of rotatable bonds is 8. The Balaban J connectivity index is 1.78. The molecule has 0 aromatic carbocycles. The first-order chi connectivity index (χ1) is 16.6. The number of hydrogen-bond acceptors (Lipinski definition) is 12. The van der Waals surface area contributed by atoms with Gasteiger partial charge in [0.1, 0.15) is 48.8 Å². The molecule has 7 N–H and O–H groups in total. The predicted molar refractivity (Wildman–Crippen MR) is 119 cm³/mol. The van der Waals surface area contributed by atoms with Crippen LogP contribution in [0.25, 0.3) is 0 Å². The first-order valence-electron chi connectivity index (χ1n) is 12.6. The van der Waals surface area contributed by atoms with Crippen LogP contribution < -0.4 is 0 Å². The van der Waals surface area contributed by atoms with Crippen molar-refractivity contribution < 1.29 is 59.4 Å². The van der Waals surface area contributed by atoms with Crippen LogP contribution in [0.3, 0.4) is 0 Å². The largest absolute Gasteiger partial charge is 0.394 e. The summed E-state index contributed by atoms with van der Waals surface area (Å²) in [6.07, 6.45) is -15.1. The monoisotopic (exact) mass is 510 g/mol. The molecule has 0 amide bonds. The fourth-order valence-corrected chi connectivity index (χ4v) is 5.14. The predicted octanol–water partition coefficient (Wildman–Crippen LogP) is -2.00. The molecule has 35 heavy (non-hydrogen) atoms. The molecule has 15 atom stereocenters. The zero-order valence-electron chi connectivity index (χ0n) is 20.7. The van der Waals surface area contributed by atoms with Crippen LogP contribution in [0.15, 0.2) is 0 Å². The Kier molecular flexibility index (Phi) is 10.3. The van der Waals surface area contributed by atoms with Crippen molar-refractivity contribution in [2.75, 3.05) is 6.61 Å². The summed E-state index contributed by atoms with van der Waals surface area (Å²) in [6, 6.07) is 0. The minimum atomic E-state index is -1.63. The van der Waals surface area contributed by atoms with Gasteiger partial charge < -0.3 is 59.4 Å². The number of ether oxygens (including phenoxy) is 5. The highest BCUT2D eigenvalue weighted by Crippen LogP contribution is 2.35. The quantitative estimate of drug-likeness (QED) is 0.191. The maximum Gasteiger partial charge on any atom is 0.187 e. The van der Waals surface area contributed by atoms with Crippen LogP contribution in [-0.2, 0) is 23.7 Å². The topological polar surface area (TPSA) is 188 Å². The van der Waals surface area contributed by atoms with Gasteiger partial charge in [0.15, 0.2) is 12.6 Å². The van der Waals surface area contributed by atoms with Crippen LogP contribution >= 0.6 is 0 Å². The molecule has 0 bridgehead atoms. The molecular formula is C23H42O12. The lowest BCUT2D eigenvalue weighted by atomic mass is 9.86. The summed E-state index contributed by atoms with van der Waals surface area (Å²) in [6.45, 7) is 6.77. The van der Waals surface area contributed by atoms with Crippen LogP contribution in [0.1, 0.15) is 47.0 Å². The summed E-state index contributed by atoms with van der Waals surface area (Å²) in [5.74, 6) is -0.308. The lowest BCUT2D eigenvalue weighted by Crippen LogP contribution is -2.65. The van der Waals surface area contributed by atoms with E-state index in [-0.39, 0.29) is 12.0 Å². The van der Waals surface area contributed by atoms with Gasteiger partial charge in [0.2, 0.25) is 0 Å². The molecule has 3 fully saturated rings. The number of aliphatic hydroxyl groups excluding tert-OH is 7. The van der Waals surface area contributed by atoms with Crippen LogP contribution in [0.2, 0.25) is 0 Å². The molecule has 0 spiro atoms. The fraction of sp³-hybridized carbons (Fsp3) is 1.00. The molecule has 0 aromatic heterocycles. The molecule has 3 aliphatic rings. The molecule has 3 saturated heterocycles. The van der Waals surface area contributed by atoms with E-state index in [4.69, 9.17) is 23.7 Å². The van der Waals surface area contributed by atoms with E-state index in [1.807, 2.05) is 6.92 Å². The van der Waals surface area contributed by atoms with Gasteiger partial charge in [-0.15, -0.1) is 0 Å². The van der Waals surface area contributed by atoms with E-state index < -0.39 is 86.3 Å². The third-order valence-corrected chi connectivity index (χ3v) is 7.46. The number of hydrogen-bond donors (Lipinski definition) is 7. The molecule has 0 saturated carbocycles. The van der Waals surface area contributed by atoms with Gasteiger partial charge in [-0.3, -0.25) is 0 Å². The van der Waals surface area contributed by atoms with Gasteiger partial charge in [-0.2, -0.15) is 0 Å². The molecular weight excluding hydrogens is 468 g/mol. The molecule has 0 aromatic rings. The first-order valence-corrected chi connectivity index (χ1v) is 12.6. The zero-order chi connectivity index (χ0) is 26.0. The van der Waals surface area contributed by atoms with E-state index >= 15 is 0 Å². The van der Waals surface area contributed by atoms with Crippen LogP contribution in [0, 0.1) is 5.92 Å². The normalized spacial score (nSPS) is 51.3. The minimum absolute atomic E-state index is 0.279. The summed E-state index contributed by atoms with van der Waals surface area (Å²) >= 11 is 0. The van der Waals surface area contributed by atoms with Crippen LogP contribution in [-0.4, -0.2) is 128 Å². The Morgan fingerprint density at radius 1 is 0.543 bits per heavy atom. The smallest absolute Gasteiger partial charge is 0.187 e.